The van der Waals surface area contributed by atoms with Crippen LogP contribution in [0.25, 0.3) is 11.1 Å². The van der Waals surface area contributed by atoms with E-state index in [1.54, 1.807) is 4.90 Å². The van der Waals surface area contributed by atoms with Crippen LogP contribution < -0.4 is 5.32 Å². The van der Waals surface area contributed by atoms with E-state index in [0.29, 0.717) is 13.0 Å². The molecule has 0 saturated carbocycles. The molecule has 7 heteroatoms. The van der Waals surface area contributed by atoms with E-state index >= 15 is 0 Å². The maximum Gasteiger partial charge on any atom is 0.407 e. The first-order chi connectivity index (χ1) is 15.9. The molecular formula is C26H30N2O5. The van der Waals surface area contributed by atoms with E-state index in [4.69, 9.17) is 9.84 Å². The molecule has 2 aromatic rings. The van der Waals surface area contributed by atoms with Crippen molar-refractivity contribution in [1.29, 1.82) is 0 Å². The molecule has 1 saturated heterocycles. The normalized spacial score (nSPS) is 18.0. The Kier molecular flexibility index (Phi) is 6.67. The minimum Gasteiger partial charge on any atom is -0.481 e. The molecule has 1 unspecified atom stereocenters. The molecule has 33 heavy (non-hydrogen) atoms. The number of amides is 2. The van der Waals surface area contributed by atoms with E-state index in [1.807, 2.05) is 38.1 Å². The van der Waals surface area contributed by atoms with Crippen molar-refractivity contribution in [2.45, 2.75) is 51.1 Å². The first-order valence-corrected chi connectivity index (χ1v) is 11.5. The number of alkyl carbamates (subject to hydrolysis) is 1. The zero-order valence-electron chi connectivity index (χ0n) is 19.0. The van der Waals surface area contributed by atoms with Crippen LogP contribution in [-0.2, 0) is 14.3 Å². The zero-order chi connectivity index (χ0) is 23.5. The Morgan fingerprint density at radius 1 is 1.06 bits per heavy atom. The molecule has 0 aromatic heterocycles. The third-order valence-electron chi connectivity index (χ3n) is 6.62. The summed E-state index contributed by atoms with van der Waals surface area (Å²) in [5.74, 6) is -1.40. The Bertz CT molecular complexity index is 1000. The Morgan fingerprint density at radius 2 is 1.67 bits per heavy atom. The summed E-state index contributed by atoms with van der Waals surface area (Å²) in [4.78, 5) is 38.6. The first-order valence-electron chi connectivity index (χ1n) is 11.5. The molecule has 4 rings (SSSR count). The molecular weight excluding hydrogens is 420 g/mol. The second-order valence-corrected chi connectivity index (χ2v) is 9.12. The largest absolute Gasteiger partial charge is 0.481 e. The van der Waals surface area contributed by atoms with Crippen LogP contribution in [0.5, 0.6) is 0 Å². The van der Waals surface area contributed by atoms with Gasteiger partial charge in [-0.3, -0.25) is 9.59 Å². The van der Waals surface area contributed by atoms with Crippen LogP contribution in [0.3, 0.4) is 0 Å². The molecule has 2 atom stereocenters. The number of carbonyl (C=O) groups excluding carboxylic acids is 2. The van der Waals surface area contributed by atoms with Gasteiger partial charge in [-0.2, -0.15) is 0 Å². The minimum atomic E-state index is -0.926. The number of carboxylic acid groups (broad SMARTS) is 1. The maximum absolute atomic E-state index is 13.2. The Morgan fingerprint density at radius 3 is 2.24 bits per heavy atom. The van der Waals surface area contributed by atoms with E-state index < -0.39 is 18.1 Å². The molecule has 0 spiro atoms. The van der Waals surface area contributed by atoms with Gasteiger partial charge in [0.15, 0.2) is 0 Å². The molecule has 1 fully saturated rings. The monoisotopic (exact) mass is 450 g/mol. The topological polar surface area (TPSA) is 95.9 Å². The van der Waals surface area contributed by atoms with Gasteiger partial charge < -0.3 is 20.1 Å². The summed E-state index contributed by atoms with van der Waals surface area (Å²) < 4.78 is 5.61. The Balaban J connectivity index is 1.42. The van der Waals surface area contributed by atoms with Gasteiger partial charge in [0, 0.05) is 18.5 Å². The second-order valence-electron chi connectivity index (χ2n) is 9.12. The summed E-state index contributed by atoms with van der Waals surface area (Å²) in [6, 6.07) is 15.1. The molecule has 1 aliphatic heterocycles. The van der Waals surface area contributed by atoms with Gasteiger partial charge in [-0.25, -0.2) is 4.79 Å². The van der Waals surface area contributed by atoms with E-state index in [9.17, 15) is 14.4 Å². The van der Waals surface area contributed by atoms with Crippen molar-refractivity contribution >= 4 is 18.0 Å². The van der Waals surface area contributed by atoms with E-state index in [1.165, 1.54) is 0 Å². The number of nitrogens with one attached hydrogen (secondary N) is 1. The van der Waals surface area contributed by atoms with Gasteiger partial charge in [-0.05, 0) is 41.0 Å². The minimum absolute atomic E-state index is 0.0603. The molecule has 2 aromatic carbocycles. The first kappa shape index (κ1) is 22.8. The van der Waals surface area contributed by atoms with Crippen molar-refractivity contribution < 1.29 is 24.2 Å². The summed E-state index contributed by atoms with van der Waals surface area (Å²) in [5.41, 5.74) is 4.54. The average molecular weight is 451 g/mol. The number of hydrogen-bond acceptors (Lipinski definition) is 4. The number of carbonyl (C=O) groups is 3. The fourth-order valence-corrected chi connectivity index (χ4v) is 5.00. The van der Waals surface area contributed by atoms with Crippen LogP contribution in [-0.4, -0.2) is 53.2 Å². The van der Waals surface area contributed by atoms with Crippen molar-refractivity contribution in [3.8, 4) is 11.1 Å². The maximum atomic E-state index is 13.2. The fourth-order valence-electron chi connectivity index (χ4n) is 5.00. The number of ether oxygens (including phenoxy) is 1. The van der Waals surface area contributed by atoms with Gasteiger partial charge >= 0.3 is 12.1 Å². The van der Waals surface area contributed by atoms with Crippen molar-refractivity contribution in [1.82, 2.24) is 10.2 Å². The quantitative estimate of drug-likeness (QED) is 0.664. The summed E-state index contributed by atoms with van der Waals surface area (Å²) >= 11 is 0. The number of carboxylic acids is 1. The zero-order valence-corrected chi connectivity index (χ0v) is 19.0. The van der Waals surface area contributed by atoms with Crippen LogP contribution in [0.2, 0.25) is 0 Å². The predicted molar refractivity (Wildman–Crippen MR) is 124 cm³/mol. The van der Waals surface area contributed by atoms with Gasteiger partial charge in [0.05, 0.1) is 6.42 Å². The van der Waals surface area contributed by atoms with Crippen LogP contribution in [0.1, 0.15) is 50.2 Å². The highest BCUT2D eigenvalue weighted by atomic mass is 16.5. The molecule has 0 bridgehead atoms. The van der Waals surface area contributed by atoms with Crippen molar-refractivity contribution in [2.75, 3.05) is 13.2 Å². The summed E-state index contributed by atoms with van der Waals surface area (Å²) in [5, 5.41) is 11.9. The lowest BCUT2D eigenvalue weighted by Gasteiger charge is -2.30. The third kappa shape index (κ3) is 4.72. The van der Waals surface area contributed by atoms with Gasteiger partial charge in [-0.1, -0.05) is 62.4 Å². The van der Waals surface area contributed by atoms with Crippen LogP contribution >= 0.6 is 0 Å². The lowest BCUT2D eigenvalue weighted by atomic mass is 9.98. The molecule has 7 nitrogen and oxygen atoms in total. The number of benzene rings is 2. The molecule has 1 heterocycles. The molecule has 2 N–H and O–H groups in total. The fraction of sp³-hybridized carbons (Fsp3) is 0.423. The van der Waals surface area contributed by atoms with E-state index in [2.05, 4.69) is 29.6 Å². The van der Waals surface area contributed by atoms with E-state index in [-0.39, 0.29) is 36.8 Å². The van der Waals surface area contributed by atoms with Crippen molar-refractivity contribution in [2.24, 2.45) is 5.92 Å². The summed E-state index contributed by atoms with van der Waals surface area (Å²) in [7, 11) is 0. The number of rotatable bonds is 7. The molecule has 1 aliphatic carbocycles. The number of nitrogens with zero attached hydrogens (tertiary/aromatic N) is 1. The molecule has 0 radical (unpaired) electrons. The van der Waals surface area contributed by atoms with Gasteiger partial charge in [0.2, 0.25) is 5.91 Å². The Hall–Kier alpha value is -3.35. The smallest absolute Gasteiger partial charge is 0.407 e. The van der Waals surface area contributed by atoms with Gasteiger partial charge in [-0.15, -0.1) is 0 Å². The second kappa shape index (κ2) is 9.65. The SMILES string of the molecule is CC(C)[C@H](NC(=O)OCC1c2ccccc2-c2ccccc21)C(=O)N1CCCC1CC(=O)O. The van der Waals surface area contributed by atoms with E-state index in [0.717, 1.165) is 28.7 Å². The van der Waals surface area contributed by atoms with Crippen LogP contribution in [0.15, 0.2) is 48.5 Å². The van der Waals surface area contributed by atoms with Crippen LogP contribution in [0, 0.1) is 5.92 Å². The average Bonchev–Trinajstić information content (AvgIpc) is 3.37. The standard InChI is InChI=1S/C26H30N2O5/c1-16(2)24(25(31)28-13-7-8-17(28)14-23(29)30)27-26(32)33-15-22-20-11-5-3-9-18(20)19-10-4-6-12-21(19)22/h3-6,9-12,16-17,22,24H,7-8,13-15H2,1-2H3,(H,27,32)(H,29,30)/t17?,24-/m0/s1. The number of aliphatic carboxylic acids is 1. The summed E-state index contributed by atoms with van der Waals surface area (Å²) in [6.45, 7) is 4.39. The summed E-state index contributed by atoms with van der Waals surface area (Å²) in [6.07, 6.45) is 0.701. The molecule has 2 aliphatic rings. The molecule has 2 amide bonds. The molecule has 174 valence electrons. The number of hydrogen-bond donors (Lipinski definition) is 2. The number of likely N-dealkylation sites (tertiary alicyclic amines) is 1. The highest BCUT2D eigenvalue weighted by Gasteiger charge is 2.37. The third-order valence-corrected chi connectivity index (χ3v) is 6.62. The lowest BCUT2D eigenvalue weighted by molar-refractivity contribution is -0.140. The highest BCUT2D eigenvalue weighted by molar-refractivity contribution is 5.87. The Labute approximate surface area is 193 Å². The predicted octanol–water partition coefficient (Wildman–Crippen LogP) is 4.02. The van der Waals surface area contributed by atoms with Crippen LogP contribution in [0.4, 0.5) is 4.79 Å². The van der Waals surface area contributed by atoms with Crippen molar-refractivity contribution in [3.63, 3.8) is 0 Å². The highest BCUT2D eigenvalue weighted by Crippen LogP contribution is 2.44. The van der Waals surface area contributed by atoms with Crippen molar-refractivity contribution in [3.05, 3.63) is 59.7 Å². The lowest BCUT2D eigenvalue weighted by Crippen LogP contribution is -2.52. The van der Waals surface area contributed by atoms with Gasteiger partial charge in [0.25, 0.3) is 0 Å². The van der Waals surface area contributed by atoms with Gasteiger partial charge in [0.1, 0.15) is 12.6 Å². The number of fused-ring (bicyclic) bond motifs is 3.